The normalized spacial score (nSPS) is 14.3. The number of nitrogens with zero attached hydrogens (tertiary/aromatic N) is 3. The van der Waals surface area contributed by atoms with E-state index < -0.39 is 16.6 Å². The van der Waals surface area contributed by atoms with Gasteiger partial charge < -0.3 is 9.80 Å². The second-order valence-corrected chi connectivity index (χ2v) is 7.60. The van der Waals surface area contributed by atoms with Crippen molar-refractivity contribution in [3.63, 3.8) is 0 Å². The van der Waals surface area contributed by atoms with Gasteiger partial charge in [-0.15, -0.1) is 0 Å². The highest BCUT2D eigenvalue weighted by Crippen LogP contribution is 2.27. The molecular weight excluding hydrogens is 420 g/mol. The molecule has 1 aromatic carbocycles. The van der Waals surface area contributed by atoms with Gasteiger partial charge in [0.2, 0.25) is 0 Å². The van der Waals surface area contributed by atoms with Gasteiger partial charge in [0.25, 0.3) is 11.8 Å². The quantitative estimate of drug-likeness (QED) is 0.421. The van der Waals surface area contributed by atoms with Crippen LogP contribution in [-0.2, 0) is 0 Å². The van der Waals surface area contributed by atoms with Crippen LogP contribution in [0.3, 0.4) is 0 Å². The number of rotatable bonds is 3. The summed E-state index contributed by atoms with van der Waals surface area (Å²) in [5.41, 5.74) is 0.00669. The van der Waals surface area contributed by atoms with E-state index >= 15 is 0 Å². The van der Waals surface area contributed by atoms with Crippen molar-refractivity contribution in [2.75, 3.05) is 26.2 Å². The van der Waals surface area contributed by atoms with Crippen LogP contribution in [0.5, 0.6) is 0 Å². The zero-order valence-electron chi connectivity index (χ0n) is 13.7. The van der Waals surface area contributed by atoms with Gasteiger partial charge in [0.05, 0.1) is 25.4 Å². The summed E-state index contributed by atoms with van der Waals surface area (Å²) in [4.78, 5) is 38.5. The topological polar surface area (TPSA) is 83.8 Å². The Balaban J connectivity index is 1.66. The number of benzene rings is 1. The molecule has 27 heavy (non-hydrogen) atoms. The van der Waals surface area contributed by atoms with Gasteiger partial charge in [0, 0.05) is 32.2 Å². The summed E-state index contributed by atoms with van der Waals surface area (Å²) < 4.78 is 13.6. The number of carbonyl (C=O) groups excluding carboxylic acids is 2. The molecule has 11 heteroatoms. The fraction of sp³-hybridized carbons (Fsp3) is 0.250. The van der Waals surface area contributed by atoms with Crippen LogP contribution in [0.15, 0.2) is 24.3 Å². The van der Waals surface area contributed by atoms with Crippen LogP contribution in [0, 0.1) is 15.9 Å². The van der Waals surface area contributed by atoms with E-state index in [9.17, 15) is 24.1 Å². The highest BCUT2D eigenvalue weighted by atomic mass is 35.5. The third kappa shape index (κ3) is 4.05. The first-order valence-corrected chi connectivity index (χ1v) is 9.32. The van der Waals surface area contributed by atoms with Gasteiger partial charge in [-0.1, -0.05) is 34.5 Å². The lowest BCUT2D eigenvalue weighted by atomic mass is 10.1. The Labute approximate surface area is 167 Å². The molecule has 0 spiro atoms. The molecule has 0 bridgehead atoms. The van der Waals surface area contributed by atoms with E-state index in [2.05, 4.69) is 0 Å². The molecule has 0 N–H and O–H groups in total. The van der Waals surface area contributed by atoms with Gasteiger partial charge in [-0.25, -0.2) is 4.39 Å². The van der Waals surface area contributed by atoms with Crippen LogP contribution >= 0.6 is 34.5 Å². The van der Waals surface area contributed by atoms with E-state index in [0.717, 1.165) is 17.4 Å². The monoisotopic (exact) mass is 431 g/mol. The van der Waals surface area contributed by atoms with E-state index in [1.807, 2.05) is 0 Å². The number of amides is 2. The highest BCUT2D eigenvalue weighted by Gasteiger charge is 2.28. The summed E-state index contributed by atoms with van der Waals surface area (Å²) >= 11 is 12.4. The van der Waals surface area contributed by atoms with Crippen LogP contribution < -0.4 is 0 Å². The van der Waals surface area contributed by atoms with Crippen LogP contribution in [-0.4, -0.2) is 52.7 Å². The minimum absolute atomic E-state index is 0.00669. The predicted octanol–water partition coefficient (Wildman–Crippen LogP) is 3.70. The van der Waals surface area contributed by atoms with Gasteiger partial charge in [0.1, 0.15) is 5.82 Å². The van der Waals surface area contributed by atoms with E-state index in [0.29, 0.717) is 0 Å². The number of piperazine rings is 1. The number of carbonyl (C=O) groups is 2. The molecule has 1 aromatic heterocycles. The molecule has 2 heterocycles. The second-order valence-electron chi connectivity index (χ2n) is 5.73. The minimum Gasteiger partial charge on any atom is -0.335 e. The molecule has 0 radical (unpaired) electrons. The maximum absolute atomic E-state index is 13.6. The molecule has 0 unspecified atom stereocenters. The molecule has 0 aliphatic carbocycles. The largest absolute Gasteiger partial charge is 0.335 e. The van der Waals surface area contributed by atoms with Crippen LogP contribution in [0.1, 0.15) is 20.0 Å². The third-order valence-corrected chi connectivity index (χ3v) is 5.70. The Kier molecular flexibility index (Phi) is 5.64. The van der Waals surface area contributed by atoms with Crippen LogP contribution in [0.4, 0.5) is 9.39 Å². The molecule has 1 aliphatic rings. The van der Waals surface area contributed by atoms with E-state index in [4.69, 9.17) is 23.2 Å². The van der Waals surface area contributed by atoms with Crippen molar-refractivity contribution in [3.8, 4) is 0 Å². The molecular formula is C16H12Cl2FN3O4S. The van der Waals surface area contributed by atoms with E-state index in [-0.39, 0.29) is 57.6 Å². The summed E-state index contributed by atoms with van der Waals surface area (Å²) in [6, 6.07) is 4.87. The molecule has 142 valence electrons. The summed E-state index contributed by atoms with van der Waals surface area (Å²) in [7, 11) is 0. The molecule has 2 aromatic rings. The Morgan fingerprint density at radius 1 is 1.04 bits per heavy atom. The standard InChI is InChI=1S/C16H12Cl2FN3O4S/c17-10-8-11(18)12(19)7-9(10)15(23)20-3-5-21(6-4-20)16(24)13-1-2-14(27-13)22(25)26/h1-2,7-8H,3-6H2. The van der Waals surface area contributed by atoms with Gasteiger partial charge in [-0.05, 0) is 18.2 Å². The molecule has 1 aliphatic heterocycles. The van der Waals surface area contributed by atoms with Crippen molar-refractivity contribution >= 4 is 51.4 Å². The number of nitro groups is 1. The molecule has 0 atom stereocenters. The lowest BCUT2D eigenvalue weighted by Crippen LogP contribution is -2.50. The maximum atomic E-state index is 13.6. The SMILES string of the molecule is O=C(c1ccc([N+](=O)[O-])s1)N1CCN(C(=O)c2cc(F)c(Cl)cc2Cl)CC1. The number of halogens is 3. The number of hydrogen-bond acceptors (Lipinski definition) is 5. The van der Waals surface area contributed by atoms with Gasteiger partial charge in [-0.2, -0.15) is 0 Å². The Hall–Kier alpha value is -2.23. The summed E-state index contributed by atoms with van der Waals surface area (Å²) in [5, 5.41) is 10.5. The Morgan fingerprint density at radius 2 is 1.63 bits per heavy atom. The van der Waals surface area contributed by atoms with Gasteiger partial charge in [0.15, 0.2) is 0 Å². The first kappa shape index (κ1) is 19.5. The minimum atomic E-state index is -0.738. The summed E-state index contributed by atoms with van der Waals surface area (Å²) in [6.07, 6.45) is 0. The van der Waals surface area contributed by atoms with Crippen molar-refractivity contribution in [1.82, 2.24) is 9.80 Å². The van der Waals surface area contributed by atoms with Crippen molar-refractivity contribution in [2.45, 2.75) is 0 Å². The lowest BCUT2D eigenvalue weighted by Gasteiger charge is -2.34. The third-order valence-electron chi connectivity index (χ3n) is 4.08. The molecule has 7 nitrogen and oxygen atoms in total. The van der Waals surface area contributed by atoms with Crippen molar-refractivity contribution in [2.24, 2.45) is 0 Å². The van der Waals surface area contributed by atoms with Gasteiger partial charge in [-0.3, -0.25) is 19.7 Å². The molecule has 2 amide bonds. The van der Waals surface area contributed by atoms with Crippen LogP contribution in [0.25, 0.3) is 0 Å². The first-order valence-electron chi connectivity index (χ1n) is 7.75. The summed E-state index contributed by atoms with van der Waals surface area (Å²) in [5.74, 6) is -1.51. The molecule has 0 saturated carbocycles. The van der Waals surface area contributed by atoms with Crippen molar-refractivity contribution < 1.29 is 18.9 Å². The van der Waals surface area contributed by atoms with Crippen molar-refractivity contribution in [1.29, 1.82) is 0 Å². The molecule has 3 rings (SSSR count). The maximum Gasteiger partial charge on any atom is 0.324 e. The van der Waals surface area contributed by atoms with E-state index in [1.54, 1.807) is 0 Å². The molecule has 1 saturated heterocycles. The predicted molar refractivity (Wildman–Crippen MR) is 99.2 cm³/mol. The van der Waals surface area contributed by atoms with E-state index in [1.165, 1.54) is 28.0 Å². The highest BCUT2D eigenvalue weighted by molar-refractivity contribution is 7.17. The average molecular weight is 432 g/mol. The average Bonchev–Trinajstić information content (AvgIpc) is 3.14. The fourth-order valence-corrected chi connectivity index (χ4v) is 3.92. The lowest BCUT2D eigenvalue weighted by molar-refractivity contribution is -0.380. The van der Waals surface area contributed by atoms with Crippen LogP contribution in [0.2, 0.25) is 10.0 Å². The zero-order valence-corrected chi connectivity index (χ0v) is 16.0. The molecule has 1 fully saturated rings. The second kappa shape index (κ2) is 7.79. The smallest absolute Gasteiger partial charge is 0.324 e. The Morgan fingerprint density at radius 3 is 2.19 bits per heavy atom. The fourth-order valence-electron chi connectivity index (χ4n) is 2.67. The van der Waals surface area contributed by atoms with Gasteiger partial charge >= 0.3 is 5.00 Å². The first-order chi connectivity index (χ1) is 12.8. The van der Waals surface area contributed by atoms with Crippen molar-refractivity contribution in [3.05, 3.63) is 60.7 Å². The number of thiophene rings is 1. The Bertz CT molecular complexity index is 928. The number of hydrogen-bond donors (Lipinski definition) is 0. The zero-order chi connectivity index (χ0) is 19.7. The summed E-state index contributed by atoms with van der Waals surface area (Å²) in [6.45, 7) is 0.977.